The van der Waals surface area contributed by atoms with E-state index in [0.29, 0.717) is 35.8 Å². The summed E-state index contributed by atoms with van der Waals surface area (Å²) in [5.74, 6) is 1.18. The van der Waals surface area contributed by atoms with Gasteiger partial charge in [0, 0.05) is 30.9 Å². The zero-order chi connectivity index (χ0) is 35.8. The third-order valence-corrected chi connectivity index (χ3v) is 11.2. The molecule has 7 rings (SSSR count). The van der Waals surface area contributed by atoms with Gasteiger partial charge in [-0.25, -0.2) is 4.98 Å². The number of rotatable bonds is 11. The lowest BCUT2D eigenvalue weighted by atomic mass is 10.1. The molecule has 1 aliphatic rings. The minimum Gasteiger partial charge on any atom is -0.358 e. The van der Waals surface area contributed by atoms with E-state index in [1.54, 1.807) is 43.5 Å². The molecular weight excluding hydrogens is 693 g/mol. The maximum atomic E-state index is 13.7. The van der Waals surface area contributed by atoms with Crippen LogP contribution < -0.4 is 10.2 Å². The molecule has 1 aliphatic heterocycles. The minimum atomic E-state index is -4.13. The standard InChI is InChI=1S/C35H34N8O6S2/c1-23-9-13-27(14-10-23)50(44,45)43-34(19-25(3)40-43)38-33-20-26(22-48-51(46,47)28-15-11-24(2)12-16-28)37-35(39-33)42-18-6-8-31(42)32-21-30(41-49-32)29-7-4-5-17-36-29/h4-5,7,9-17,19-21,31H,6,8,18,22H2,1-3H3,(H,37,38,39). The molecule has 16 heteroatoms. The van der Waals surface area contributed by atoms with Crippen molar-refractivity contribution in [3.63, 3.8) is 0 Å². The Balaban J connectivity index is 1.24. The van der Waals surface area contributed by atoms with Crippen LogP contribution in [0.1, 0.15) is 47.2 Å². The van der Waals surface area contributed by atoms with Gasteiger partial charge >= 0.3 is 0 Å². The molecule has 1 unspecified atom stereocenters. The molecule has 1 N–H and O–H groups in total. The van der Waals surface area contributed by atoms with Crippen molar-refractivity contribution in [2.45, 2.75) is 56.1 Å². The second-order valence-electron chi connectivity index (χ2n) is 12.2. The monoisotopic (exact) mass is 726 g/mol. The van der Waals surface area contributed by atoms with Gasteiger partial charge in [0.25, 0.3) is 20.1 Å². The Kier molecular flexibility index (Phi) is 9.13. The van der Waals surface area contributed by atoms with Crippen LogP contribution in [0.5, 0.6) is 0 Å². The molecule has 0 spiro atoms. The van der Waals surface area contributed by atoms with E-state index in [2.05, 4.69) is 20.6 Å². The van der Waals surface area contributed by atoms with E-state index in [9.17, 15) is 16.8 Å². The number of hydrogen-bond acceptors (Lipinski definition) is 13. The molecule has 14 nitrogen and oxygen atoms in total. The zero-order valence-corrected chi connectivity index (χ0v) is 29.6. The summed E-state index contributed by atoms with van der Waals surface area (Å²) < 4.78 is 65.8. The molecule has 2 aromatic carbocycles. The van der Waals surface area contributed by atoms with Crippen LogP contribution in [0, 0.1) is 20.8 Å². The first-order valence-corrected chi connectivity index (χ1v) is 19.0. The summed E-state index contributed by atoms with van der Waals surface area (Å²) in [7, 11) is -8.22. The predicted octanol–water partition coefficient (Wildman–Crippen LogP) is 5.88. The minimum absolute atomic E-state index is 0.00931. The van der Waals surface area contributed by atoms with Crippen molar-refractivity contribution in [1.29, 1.82) is 0 Å². The van der Waals surface area contributed by atoms with Gasteiger partial charge < -0.3 is 14.7 Å². The summed E-state index contributed by atoms with van der Waals surface area (Å²) in [4.78, 5) is 15.9. The Morgan fingerprint density at radius 3 is 2.29 bits per heavy atom. The van der Waals surface area contributed by atoms with Gasteiger partial charge in [-0.15, -0.1) is 4.09 Å². The first-order valence-electron chi connectivity index (χ1n) is 16.1. The van der Waals surface area contributed by atoms with Crippen molar-refractivity contribution >= 4 is 37.7 Å². The average Bonchev–Trinajstić information content (AvgIpc) is 3.89. The molecule has 0 bridgehead atoms. The Labute approximate surface area is 295 Å². The highest BCUT2D eigenvalue weighted by Crippen LogP contribution is 2.37. The van der Waals surface area contributed by atoms with Gasteiger partial charge in [-0.1, -0.05) is 46.6 Å². The fourth-order valence-corrected chi connectivity index (χ4v) is 7.89. The van der Waals surface area contributed by atoms with E-state index in [4.69, 9.17) is 18.7 Å². The van der Waals surface area contributed by atoms with Crippen LogP contribution in [-0.4, -0.2) is 52.7 Å². The highest BCUT2D eigenvalue weighted by Gasteiger charge is 2.32. The Morgan fingerprint density at radius 2 is 1.59 bits per heavy atom. The Morgan fingerprint density at radius 1 is 0.863 bits per heavy atom. The van der Waals surface area contributed by atoms with E-state index < -0.39 is 26.7 Å². The lowest BCUT2D eigenvalue weighted by molar-refractivity contribution is 0.303. The van der Waals surface area contributed by atoms with E-state index in [-0.39, 0.29) is 39.1 Å². The normalized spacial score (nSPS) is 15.0. The SMILES string of the molecule is Cc1ccc(S(=O)(=O)OCc2cc(Nc3cc(C)nn3S(=O)(=O)c3ccc(C)cc3)nc(N3CCCC3c3cc(-c4ccccn4)no3)n2)cc1. The van der Waals surface area contributed by atoms with Gasteiger partial charge in [0.2, 0.25) is 5.95 Å². The van der Waals surface area contributed by atoms with Crippen molar-refractivity contribution < 1.29 is 25.5 Å². The van der Waals surface area contributed by atoms with Gasteiger partial charge in [0.1, 0.15) is 23.9 Å². The number of benzene rings is 2. The molecule has 262 valence electrons. The fourth-order valence-electron chi connectivity index (χ4n) is 5.73. The van der Waals surface area contributed by atoms with Crippen molar-refractivity contribution in [3.05, 3.63) is 119 Å². The van der Waals surface area contributed by atoms with Crippen molar-refractivity contribution in [1.82, 2.24) is 29.3 Å². The summed E-state index contributed by atoms with van der Waals surface area (Å²) in [5.41, 5.74) is 3.76. The predicted molar refractivity (Wildman–Crippen MR) is 188 cm³/mol. The maximum absolute atomic E-state index is 13.7. The number of nitrogens with zero attached hydrogens (tertiary/aromatic N) is 7. The Bertz CT molecular complexity index is 2400. The smallest absolute Gasteiger partial charge is 0.297 e. The molecule has 1 fully saturated rings. The largest absolute Gasteiger partial charge is 0.358 e. The van der Waals surface area contributed by atoms with Crippen LogP contribution >= 0.6 is 0 Å². The molecule has 0 radical (unpaired) electrons. The third-order valence-electron chi connectivity index (χ3n) is 8.34. The lowest BCUT2D eigenvalue weighted by Crippen LogP contribution is -2.25. The molecule has 51 heavy (non-hydrogen) atoms. The van der Waals surface area contributed by atoms with Crippen molar-refractivity contribution in [3.8, 4) is 11.4 Å². The summed E-state index contributed by atoms with van der Waals surface area (Å²) in [6.45, 7) is 5.56. The number of anilines is 3. The van der Waals surface area contributed by atoms with Gasteiger partial charge in [0.15, 0.2) is 5.76 Å². The molecule has 0 amide bonds. The molecule has 5 heterocycles. The first-order chi connectivity index (χ1) is 24.5. The lowest BCUT2D eigenvalue weighted by Gasteiger charge is -2.23. The summed E-state index contributed by atoms with van der Waals surface area (Å²) in [6.07, 6.45) is 3.19. The zero-order valence-electron chi connectivity index (χ0n) is 28.0. The fraction of sp³-hybridized carbons (Fsp3) is 0.229. The summed E-state index contributed by atoms with van der Waals surface area (Å²) in [6, 6.07) is 23.0. The van der Waals surface area contributed by atoms with E-state index in [1.165, 1.54) is 30.3 Å². The van der Waals surface area contributed by atoms with Gasteiger partial charge in [0.05, 0.1) is 32.9 Å². The van der Waals surface area contributed by atoms with Crippen LogP contribution in [0.3, 0.4) is 0 Å². The number of nitrogens with one attached hydrogen (secondary N) is 1. The quantitative estimate of drug-likeness (QED) is 0.157. The van der Waals surface area contributed by atoms with Crippen LogP contribution in [-0.2, 0) is 30.9 Å². The summed E-state index contributed by atoms with van der Waals surface area (Å²) >= 11 is 0. The van der Waals surface area contributed by atoms with Gasteiger partial charge in [-0.05, 0) is 70.0 Å². The molecular formula is C35H34N8O6S2. The number of aryl methyl sites for hydroxylation is 3. The molecule has 0 saturated carbocycles. The second-order valence-corrected chi connectivity index (χ2v) is 15.6. The highest BCUT2D eigenvalue weighted by atomic mass is 32.2. The van der Waals surface area contributed by atoms with Crippen LogP contribution in [0.4, 0.5) is 17.6 Å². The maximum Gasteiger partial charge on any atom is 0.297 e. The highest BCUT2D eigenvalue weighted by molar-refractivity contribution is 7.90. The van der Waals surface area contributed by atoms with E-state index in [1.807, 2.05) is 43.0 Å². The molecule has 6 aromatic rings. The van der Waals surface area contributed by atoms with Crippen LogP contribution in [0.25, 0.3) is 11.4 Å². The van der Waals surface area contributed by atoms with Crippen molar-refractivity contribution in [2.75, 3.05) is 16.8 Å². The number of pyridine rings is 1. The van der Waals surface area contributed by atoms with Crippen LogP contribution in [0.2, 0.25) is 0 Å². The van der Waals surface area contributed by atoms with Gasteiger partial charge in [-0.2, -0.15) is 26.9 Å². The molecule has 0 aliphatic carbocycles. The van der Waals surface area contributed by atoms with Crippen molar-refractivity contribution in [2.24, 2.45) is 0 Å². The molecule has 1 atom stereocenters. The second kappa shape index (κ2) is 13.7. The number of hydrogen-bond donors (Lipinski definition) is 1. The average molecular weight is 727 g/mol. The van der Waals surface area contributed by atoms with E-state index in [0.717, 1.165) is 21.6 Å². The molecule has 1 saturated heterocycles. The number of aromatic nitrogens is 6. The first kappa shape index (κ1) is 34.0. The topological polar surface area (TPSA) is 175 Å². The summed E-state index contributed by atoms with van der Waals surface area (Å²) in [5, 5.41) is 11.6. The van der Waals surface area contributed by atoms with E-state index >= 15 is 0 Å². The third kappa shape index (κ3) is 7.24. The Hall–Kier alpha value is -5.45. The molecule has 4 aromatic heterocycles. The van der Waals surface area contributed by atoms with Gasteiger partial charge in [-0.3, -0.25) is 9.17 Å². The van der Waals surface area contributed by atoms with Crippen LogP contribution in [0.15, 0.2) is 105 Å².